The topological polar surface area (TPSA) is 96.5 Å². The zero-order valence-electron chi connectivity index (χ0n) is 16.4. The van der Waals surface area contributed by atoms with Crippen LogP contribution >= 0.6 is 0 Å². The van der Waals surface area contributed by atoms with Crippen molar-refractivity contribution < 1.29 is 19.1 Å². The second-order valence-corrected chi connectivity index (χ2v) is 6.85. The number of hydrogen-bond acceptors (Lipinski definition) is 5. The third-order valence-corrected chi connectivity index (χ3v) is 4.96. The number of likely N-dealkylation sites (tertiary alicyclic amines) is 1. The number of hydrogen-bond donors (Lipinski definition) is 2. The van der Waals surface area contributed by atoms with E-state index in [-0.39, 0.29) is 17.9 Å². The summed E-state index contributed by atoms with van der Waals surface area (Å²) in [6.07, 6.45) is 3.17. The summed E-state index contributed by atoms with van der Waals surface area (Å²) in [4.78, 5) is 32.9. The van der Waals surface area contributed by atoms with Gasteiger partial charge in [-0.05, 0) is 25.1 Å². The van der Waals surface area contributed by atoms with Crippen molar-refractivity contribution in [2.45, 2.75) is 39.3 Å². The van der Waals surface area contributed by atoms with Crippen molar-refractivity contribution in [3.63, 3.8) is 0 Å². The van der Waals surface area contributed by atoms with Gasteiger partial charge in [-0.1, -0.05) is 0 Å². The summed E-state index contributed by atoms with van der Waals surface area (Å²) in [5, 5.41) is 2.85. The predicted molar refractivity (Wildman–Crippen MR) is 103 cm³/mol. The summed E-state index contributed by atoms with van der Waals surface area (Å²) < 4.78 is 11.5. The number of aromatic amines is 1. The molecule has 0 unspecified atom stereocenters. The molecule has 0 aliphatic carbocycles. The molecule has 2 N–H and O–H groups in total. The van der Waals surface area contributed by atoms with Crippen LogP contribution < -0.4 is 14.8 Å². The minimum absolute atomic E-state index is 0.0202. The van der Waals surface area contributed by atoms with Crippen LogP contribution in [0.5, 0.6) is 11.5 Å². The fraction of sp³-hybridized carbons (Fsp3) is 0.450. The smallest absolute Gasteiger partial charge is 0.251 e. The van der Waals surface area contributed by atoms with E-state index in [0.717, 1.165) is 24.2 Å². The van der Waals surface area contributed by atoms with Crippen molar-refractivity contribution in [3.8, 4) is 11.5 Å². The highest BCUT2D eigenvalue weighted by Gasteiger charge is 2.23. The first-order valence-electron chi connectivity index (χ1n) is 9.35. The first-order chi connectivity index (χ1) is 13.5. The number of ether oxygens (including phenoxy) is 2. The number of aryl methyl sites for hydroxylation is 1. The molecule has 1 aromatic heterocycles. The van der Waals surface area contributed by atoms with Crippen LogP contribution in [0.3, 0.4) is 0 Å². The number of benzene rings is 1. The Morgan fingerprint density at radius 1 is 1.29 bits per heavy atom. The second-order valence-electron chi connectivity index (χ2n) is 6.85. The van der Waals surface area contributed by atoms with Gasteiger partial charge in [0.05, 0.1) is 25.7 Å². The van der Waals surface area contributed by atoms with Crippen molar-refractivity contribution in [1.82, 2.24) is 20.2 Å². The van der Waals surface area contributed by atoms with E-state index in [0.29, 0.717) is 36.7 Å². The van der Waals surface area contributed by atoms with Crippen LogP contribution in [0.1, 0.15) is 41.5 Å². The third-order valence-electron chi connectivity index (χ3n) is 4.96. The van der Waals surface area contributed by atoms with Crippen LogP contribution in [0.25, 0.3) is 0 Å². The van der Waals surface area contributed by atoms with Crippen LogP contribution in [0, 0.1) is 6.92 Å². The Bertz CT molecular complexity index is 840. The third kappa shape index (κ3) is 4.62. The van der Waals surface area contributed by atoms with Gasteiger partial charge in [0.2, 0.25) is 5.91 Å². The van der Waals surface area contributed by atoms with Crippen LogP contribution in [-0.2, 0) is 11.3 Å². The summed E-state index contributed by atoms with van der Waals surface area (Å²) in [6.45, 7) is 5.22. The SMILES string of the molecule is COc1cc(C(=O)NCc2nc[nH]c2C)ccc1OC1CCN(C(C)=O)CC1. The second kappa shape index (κ2) is 8.77. The van der Waals surface area contributed by atoms with Crippen molar-refractivity contribution in [1.29, 1.82) is 0 Å². The van der Waals surface area contributed by atoms with E-state index >= 15 is 0 Å². The lowest BCUT2D eigenvalue weighted by Crippen LogP contribution is -2.40. The van der Waals surface area contributed by atoms with E-state index in [9.17, 15) is 9.59 Å². The molecule has 0 radical (unpaired) electrons. The largest absolute Gasteiger partial charge is 0.493 e. The monoisotopic (exact) mass is 386 g/mol. The molecule has 28 heavy (non-hydrogen) atoms. The van der Waals surface area contributed by atoms with Crippen molar-refractivity contribution >= 4 is 11.8 Å². The molecule has 0 bridgehead atoms. The zero-order chi connectivity index (χ0) is 20.1. The van der Waals surface area contributed by atoms with Crippen molar-refractivity contribution in [3.05, 3.63) is 41.5 Å². The summed E-state index contributed by atoms with van der Waals surface area (Å²) in [7, 11) is 1.55. The Labute approximate surface area is 164 Å². The molecular weight excluding hydrogens is 360 g/mol. The van der Waals surface area contributed by atoms with Gasteiger partial charge in [0.25, 0.3) is 5.91 Å². The predicted octanol–water partition coefficient (Wildman–Crippen LogP) is 2.05. The lowest BCUT2D eigenvalue weighted by atomic mass is 10.1. The highest BCUT2D eigenvalue weighted by atomic mass is 16.5. The number of rotatable bonds is 6. The van der Waals surface area contributed by atoms with E-state index in [1.807, 2.05) is 11.8 Å². The molecule has 1 saturated heterocycles. The van der Waals surface area contributed by atoms with Crippen molar-refractivity contribution in [2.24, 2.45) is 0 Å². The number of aromatic nitrogens is 2. The molecule has 0 spiro atoms. The standard InChI is InChI=1S/C20H26N4O4/c1-13-17(23-12-22-13)11-21-20(26)15-4-5-18(19(10-15)27-3)28-16-6-8-24(9-7-16)14(2)25/h4-5,10,12,16H,6-9,11H2,1-3H3,(H,21,26)(H,22,23). The molecule has 150 valence electrons. The van der Waals surface area contributed by atoms with E-state index in [1.54, 1.807) is 38.6 Å². The Kier molecular flexibility index (Phi) is 6.18. The average Bonchev–Trinajstić information content (AvgIpc) is 3.11. The van der Waals surface area contributed by atoms with Gasteiger partial charge < -0.3 is 24.7 Å². The Morgan fingerprint density at radius 3 is 2.64 bits per heavy atom. The Hall–Kier alpha value is -3.03. The van der Waals surface area contributed by atoms with Gasteiger partial charge in [-0.3, -0.25) is 9.59 Å². The lowest BCUT2D eigenvalue weighted by molar-refractivity contribution is -0.130. The first kappa shape index (κ1) is 19.7. The van der Waals surface area contributed by atoms with Gasteiger partial charge in [0.1, 0.15) is 6.10 Å². The number of imidazole rings is 1. The molecular formula is C20H26N4O4. The maximum atomic E-state index is 12.4. The molecule has 2 aromatic rings. The minimum atomic E-state index is -0.206. The Balaban J connectivity index is 1.61. The summed E-state index contributed by atoms with van der Waals surface area (Å²) in [5.41, 5.74) is 2.22. The van der Waals surface area contributed by atoms with Crippen LogP contribution in [-0.4, -0.2) is 53.0 Å². The molecule has 1 aliphatic heterocycles. The summed E-state index contributed by atoms with van der Waals surface area (Å²) in [6, 6.07) is 5.15. The van der Waals surface area contributed by atoms with E-state index < -0.39 is 0 Å². The first-order valence-corrected chi connectivity index (χ1v) is 9.35. The number of carbonyl (C=O) groups excluding carboxylic acids is 2. The average molecular weight is 386 g/mol. The van der Waals surface area contributed by atoms with Crippen LogP contribution in [0.4, 0.5) is 0 Å². The number of amides is 2. The molecule has 1 aliphatic rings. The molecule has 1 fully saturated rings. The number of nitrogens with one attached hydrogen (secondary N) is 2. The fourth-order valence-electron chi connectivity index (χ4n) is 3.21. The van der Waals surface area contributed by atoms with Gasteiger partial charge in [0.15, 0.2) is 11.5 Å². The maximum absolute atomic E-state index is 12.4. The number of H-pyrrole nitrogens is 1. The van der Waals surface area contributed by atoms with Crippen LogP contribution in [0.2, 0.25) is 0 Å². The summed E-state index contributed by atoms with van der Waals surface area (Å²) >= 11 is 0. The van der Waals surface area contributed by atoms with Crippen LogP contribution in [0.15, 0.2) is 24.5 Å². The highest BCUT2D eigenvalue weighted by molar-refractivity contribution is 5.94. The number of methoxy groups -OCH3 is 1. The van der Waals surface area contributed by atoms with E-state index in [4.69, 9.17) is 9.47 Å². The van der Waals surface area contributed by atoms with Gasteiger partial charge in [-0.25, -0.2) is 4.98 Å². The highest BCUT2D eigenvalue weighted by Crippen LogP contribution is 2.30. The molecule has 2 heterocycles. The van der Waals surface area contributed by atoms with E-state index in [1.165, 1.54) is 0 Å². The quantitative estimate of drug-likeness (QED) is 0.792. The van der Waals surface area contributed by atoms with E-state index in [2.05, 4.69) is 15.3 Å². The van der Waals surface area contributed by atoms with Gasteiger partial charge >= 0.3 is 0 Å². The molecule has 1 aromatic carbocycles. The summed E-state index contributed by atoms with van der Waals surface area (Å²) in [5.74, 6) is 1.000. The number of piperidine rings is 1. The zero-order valence-corrected chi connectivity index (χ0v) is 16.4. The van der Waals surface area contributed by atoms with Gasteiger partial charge in [-0.2, -0.15) is 0 Å². The molecule has 8 nitrogen and oxygen atoms in total. The van der Waals surface area contributed by atoms with Gasteiger partial charge in [0, 0.05) is 44.1 Å². The fourth-order valence-corrected chi connectivity index (χ4v) is 3.21. The number of carbonyl (C=O) groups is 2. The molecule has 2 amide bonds. The Morgan fingerprint density at radius 2 is 2.04 bits per heavy atom. The lowest BCUT2D eigenvalue weighted by Gasteiger charge is -2.31. The molecule has 8 heteroatoms. The van der Waals surface area contributed by atoms with Crippen molar-refractivity contribution in [2.75, 3.05) is 20.2 Å². The number of nitrogens with zero attached hydrogens (tertiary/aromatic N) is 2. The molecule has 0 atom stereocenters. The maximum Gasteiger partial charge on any atom is 0.251 e. The normalized spacial score (nSPS) is 14.6. The van der Waals surface area contributed by atoms with Gasteiger partial charge in [-0.15, -0.1) is 0 Å². The molecule has 0 saturated carbocycles. The molecule has 3 rings (SSSR count). The minimum Gasteiger partial charge on any atom is -0.493 e.